The van der Waals surface area contributed by atoms with Gasteiger partial charge in [-0.3, -0.25) is 9.36 Å². The highest BCUT2D eigenvalue weighted by Crippen LogP contribution is 2.33. The maximum absolute atomic E-state index is 13.2. The lowest BCUT2D eigenvalue weighted by atomic mass is 10.2. The highest BCUT2D eigenvalue weighted by atomic mass is 32.2. The first-order chi connectivity index (χ1) is 17.1. The van der Waals surface area contributed by atoms with Crippen molar-refractivity contribution >= 4 is 23.6 Å². The number of anilines is 1. The highest BCUT2D eigenvalue weighted by molar-refractivity contribution is 7.99. The fraction of sp³-hybridized carbons (Fsp3) is 0.400. The Morgan fingerprint density at radius 2 is 1.91 bits per heavy atom. The molecule has 0 atom stereocenters. The van der Waals surface area contributed by atoms with Gasteiger partial charge in [0.2, 0.25) is 18.6 Å². The second-order valence-corrected chi connectivity index (χ2v) is 9.38. The summed E-state index contributed by atoms with van der Waals surface area (Å²) in [5.74, 6) is 2.56. The maximum atomic E-state index is 13.2. The summed E-state index contributed by atoms with van der Waals surface area (Å²) in [6, 6.07) is 14.0. The normalized spacial score (nSPS) is 14.9. The maximum Gasteiger partial charge on any atom is 0.233 e. The van der Waals surface area contributed by atoms with E-state index in [1.807, 2.05) is 46.7 Å². The molecule has 1 fully saturated rings. The van der Waals surface area contributed by atoms with Crippen LogP contribution in [0.1, 0.15) is 18.1 Å². The second kappa shape index (κ2) is 10.6. The van der Waals surface area contributed by atoms with E-state index in [9.17, 15) is 4.79 Å². The van der Waals surface area contributed by atoms with E-state index in [2.05, 4.69) is 34.2 Å². The number of benzene rings is 2. The summed E-state index contributed by atoms with van der Waals surface area (Å²) in [6.07, 6.45) is 0. The number of rotatable bonds is 8. The first-order valence-electron chi connectivity index (χ1n) is 11.8. The van der Waals surface area contributed by atoms with E-state index in [0.717, 1.165) is 47.4 Å². The zero-order valence-electron chi connectivity index (χ0n) is 20.0. The first-order valence-corrected chi connectivity index (χ1v) is 12.7. The molecule has 0 N–H and O–H groups in total. The van der Waals surface area contributed by atoms with Gasteiger partial charge in [0.1, 0.15) is 0 Å². The molecule has 0 unspecified atom stereocenters. The molecule has 3 aromatic rings. The van der Waals surface area contributed by atoms with Crippen LogP contribution in [-0.4, -0.2) is 71.0 Å². The zero-order valence-corrected chi connectivity index (χ0v) is 20.8. The molecule has 0 spiro atoms. The summed E-state index contributed by atoms with van der Waals surface area (Å²) in [6.45, 7) is 8.24. The molecule has 2 aliphatic rings. The Morgan fingerprint density at radius 3 is 2.71 bits per heavy atom. The molecular formula is C25H29N5O4S. The standard InChI is InChI=1S/C25H29N5O4S/c1-3-28(15-19-7-8-21-22(14-19)34-17-33-21)23(31)16-35-25-27-26-24(29-9-11-32-12-10-29)30(25)20-6-4-5-18(2)13-20/h4-8,13-14H,3,9-12,15-17H2,1-2H3. The van der Waals surface area contributed by atoms with Crippen LogP contribution in [0.25, 0.3) is 5.69 Å². The van der Waals surface area contributed by atoms with Crippen LogP contribution in [0, 0.1) is 6.92 Å². The molecule has 5 rings (SSSR count). The average Bonchev–Trinajstić information content (AvgIpc) is 3.53. The summed E-state index contributed by atoms with van der Waals surface area (Å²) in [7, 11) is 0. The lowest BCUT2D eigenvalue weighted by Crippen LogP contribution is -2.38. The van der Waals surface area contributed by atoms with Gasteiger partial charge in [-0.2, -0.15) is 0 Å². The number of aryl methyl sites for hydroxylation is 1. The minimum atomic E-state index is 0.0434. The van der Waals surface area contributed by atoms with Crippen molar-refractivity contribution in [3.63, 3.8) is 0 Å². The minimum absolute atomic E-state index is 0.0434. The Labute approximate surface area is 209 Å². The van der Waals surface area contributed by atoms with Crippen molar-refractivity contribution in [2.75, 3.05) is 50.3 Å². The fourth-order valence-corrected chi connectivity index (χ4v) is 5.02. The number of morpholine rings is 1. The van der Waals surface area contributed by atoms with Gasteiger partial charge in [-0.05, 0) is 49.2 Å². The van der Waals surface area contributed by atoms with E-state index < -0.39 is 0 Å². The zero-order chi connectivity index (χ0) is 24.2. The Balaban J connectivity index is 1.32. The molecule has 1 saturated heterocycles. The third kappa shape index (κ3) is 5.23. The van der Waals surface area contributed by atoms with Crippen molar-refractivity contribution in [3.8, 4) is 17.2 Å². The molecule has 0 aliphatic carbocycles. The van der Waals surface area contributed by atoms with Crippen LogP contribution in [0.5, 0.6) is 11.5 Å². The Bertz CT molecular complexity index is 1190. The van der Waals surface area contributed by atoms with Gasteiger partial charge in [-0.15, -0.1) is 10.2 Å². The predicted octanol–water partition coefficient (Wildman–Crippen LogP) is 3.28. The van der Waals surface area contributed by atoms with Crippen LogP contribution in [0.4, 0.5) is 5.95 Å². The summed E-state index contributed by atoms with van der Waals surface area (Å²) >= 11 is 1.41. The van der Waals surface area contributed by atoms with Gasteiger partial charge in [0, 0.05) is 26.2 Å². The van der Waals surface area contributed by atoms with Crippen molar-refractivity contribution in [1.29, 1.82) is 0 Å². The van der Waals surface area contributed by atoms with E-state index in [-0.39, 0.29) is 18.5 Å². The Kier molecular flexibility index (Phi) is 7.10. The third-order valence-corrected chi connectivity index (χ3v) is 6.95. The molecule has 184 valence electrons. The monoisotopic (exact) mass is 495 g/mol. The lowest BCUT2D eigenvalue weighted by molar-refractivity contribution is -0.128. The van der Waals surface area contributed by atoms with E-state index in [1.165, 1.54) is 11.8 Å². The molecule has 0 saturated carbocycles. The molecule has 0 bridgehead atoms. The van der Waals surface area contributed by atoms with Crippen LogP contribution in [-0.2, 0) is 16.1 Å². The van der Waals surface area contributed by atoms with Crippen molar-refractivity contribution in [1.82, 2.24) is 19.7 Å². The lowest BCUT2D eigenvalue weighted by Gasteiger charge is -2.28. The average molecular weight is 496 g/mol. The largest absolute Gasteiger partial charge is 0.454 e. The van der Waals surface area contributed by atoms with E-state index in [1.54, 1.807) is 0 Å². The number of carbonyl (C=O) groups is 1. The van der Waals surface area contributed by atoms with Crippen molar-refractivity contribution in [2.45, 2.75) is 25.5 Å². The van der Waals surface area contributed by atoms with E-state index in [0.29, 0.717) is 31.5 Å². The van der Waals surface area contributed by atoms with Crippen LogP contribution in [0.2, 0.25) is 0 Å². The van der Waals surface area contributed by atoms with Gasteiger partial charge >= 0.3 is 0 Å². The number of hydrogen-bond acceptors (Lipinski definition) is 8. The number of carbonyl (C=O) groups excluding carboxylic acids is 1. The van der Waals surface area contributed by atoms with Gasteiger partial charge in [-0.25, -0.2) is 0 Å². The highest BCUT2D eigenvalue weighted by Gasteiger charge is 2.23. The molecule has 35 heavy (non-hydrogen) atoms. The summed E-state index contributed by atoms with van der Waals surface area (Å²) in [5, 5.41) is 9.67. The molecule has 3 heterocycles. The number of fused-ring (bicyclic) bond motifs is 1. The van der Waals surface area contributed by atoms with Crippen LogP contribution < -0.4 is 14.4 Å². The fourth-order valence-electron chi connectivity index (χ4n) is 4.17. The van der Waals surface area contributed by atoms with Crippen LogP contribution in [0.15, 0.2) is 47.6 Å². The van der Waals surface area contributed by atoms with Gasteiger partial charge in [0.05, 0.1) is 24.7 Å². The molecule has 1 amide bonds. The minimum Gasteiger partial charge on any atom is -0.454 e. The van der Waals surface area contributed by atoms with Crippen LogP contribution >= 0.6 is 11.8 Å². The van der Waals surface area contributed by atoms with Gasteiger partial charge < -0.3 is 24.0 Å². The first kappa shape index (κ1) is 23.5. The Morgan fingerprint density at radius 1 is 1.09 bits per heavy atom. The summed E-state index contributed by atoms with van der Waals surface area (Å²) in [4.78, 5) is 17.2. The molecule has 10 heteroatoms. The molecule has 0 radical (unpaired) electrons. The second-order valence-electron chi connectivity index (χ2n) is 8.44. The van der Waals surface area contributed by atoms with Gasteiger partial charge in [0.15, 0.2) is 16.7 Å². The third-order valence-electron chi connectivity index (χ3n) is 6.04. The van der Waals surface area contributed by atoms with Gasteiger partial charge in [0.25, 0.3) is 0 Å². The number of hydrogen-bond donors (Lipinski definition) is 0. The van der Waals surface area contributed by atoms with Crippen molar-refractivity contribution in [3.05, 3.63) is 53.6 Å². The number of ether oxygens (including phenoxy) is 3. The number of amides is 1. The Hall–Kier alpha value is -3.24. The van der Waals surface area contributed by atoms with Crippen LogP contribution in [0.3, 0.4) is 0 Å². The predicted molar refractivity (Wildman–Crippen MR) is 134 cm³/mol. The molecular weight excluding hydrogens is 466 g/mol. The van der Waals surface area contributed by atoms with Crippen molar-refractivity contribution < 1.29 is 19.0 Å². The van der Waals surface area contributed by atoms with Crippen molar-refractivity contribution in [2.24, 2.45) is 0 Å². The molecule has 9 nitrogen and oxygen atoms in total. The van der Waals surface area contributed by atoms with E-state index in [4.69, 9.17) is 14.2 Å². The molecule has 1 aromatic heterocycles. The molecule has 2 aliphatic heterocycles. The number of thioether (sulfide) groups is 1. The topological polar surface area (TPSA) is 82.0 Å². The number of nitrogens with zero attached hydrogens (tertiary/aromatic N) is 5. The SMILES string of the molecule is CCN(Cc1ccc2c(c1)OCO2)C(=O)CSc1nnc(N2CCOCC2)n1-c1cccc(C)c1. The van der Waals surface area contributed by atoms with Gasteiger partial charge in [-0.1, -0.05) is 30.0 Å². The number of aromatic nitrogens is 3. The quantitative estimate of drug-likeness (QED) is 0.441. The van der Waals surface area contributed by atoms with E-state index >= 15 is 0 Å². The molecule has 2 aromatic carbocycles. The summed E-state index contributed by atoms with van der Waals surface area (Å²) < 4.78 is 18.4. The summed E-state index contributed by atoms with van der Waals surface area (Å²) in [5.41, 5.74) is 3.14. The smallest absolute Gasteiger partial charge is 0.233 e.